The van der Waals surface area contributed by atoms with E-state index in [1.165, 1.54) is 4.90 Å². The summed E-state index contributed by atoms with van der Waals surface area (Å²) < 4.78 is 0. The molecule has 13 nitrogen and oxygen atoms in total. The van der Waals surface area contributed by atoms with Gasteiger partial charge in [-0.15, -0.1) is 0 Å². The van der Waals surface area contributed by atoms with Crippen LogP contribution in [0.4, 0.5) is 0 Å². The molecule has 4 aromatic rings. The Hall–Kier alpha value is -5.72. The number of nitrogens with two attached hydrogens (primary N) is 1. The molecule has 5 atom stereocenters. The van der Waals surface area contributed by atoms with Crippen molar-refractivity contribution in [2.75, 3.05) is 6.54 Å². The summed E-state index contributed by atoms with van der Waals surface area (Å²) >= 11 is 0. The van der Waals surface area contributed by atoms with Crippen LogP contribution in [-0.2, 0) is 48.0 Å². The number of nitrogens with zero attached hydrogens (tertiary/aromatic N) is 1. The molecule has 3 aromatic carbocycles. The molecule has 266 valence electrons. The molecule has 0 spiro atoms. The number of nitrogens with one attached hydrogen (secondary N) is 4. The second kappa shape index (κ2) is 15.0. The number of H-pyrrole nitrogens is 1. The predicted octanol–water partition coefficient (Wildman–Crippen LogP) is 2.09. The van der Waals surface area contributed by atoms with Crippen LogP contribution in [0.2, 0.25) is 0 Å². The van der Waals surface area contributed by atoms with Gasteiger partial charge in [0.1, 0.15) is 24.2 Å². The molecule has 0 aliphatic carbocycles. The number of rotatable bonds is 12. The molecule has 1 saturated heterocycles. The molecular weight excluding hydrogens is 652 g/mol. The van der Waals surface area contributed by atoms with Crippen LogP contribution in [0.5, 0.6) is 0 Å². The molecule has 51 heavy (non-hydrogen) atoms. The lowest BCUT2D eigenvalue weighted by atomic mass is 9.93. The third-order valence-corrected chi connectivity index (χ3v) is 9.99. The summed E-state index contributed by atoms with van der Waals surface area (Å²) in [5.41, 5.74) is 9.04. The number of fused-ring (bicyclic) bond motifs is 1. The van der Waals surface area contributed by atoms with Gasteiger partial charge in [0.15, 0.2) is 0 Å². The Morgan fingerprint density at radius 1 is 0.980 bits per heavy atom. The molecule has 7 N–H and O–H groups in total. The molecule has 0 radical (unpaired) electrons. The largest absolute Gasteiger partial charge is 0.481 e. The van der Waals surface area contributed by atoms with Gasteiger partial charge in [0.25, 0.3) is 0 Å². The van der Waals surface area contributed by atoms with E-state index in [9.17, 15) is 33.9 Å². The molecular formula is C38H42N6O7. The summed E-state index contributed by atoms with van der Waals surface area (Å²) in [6, 6.07) is 14.1. The SMILES string of the molecule is CCCC1CCN(C(=O)C2Cc3c[nH]c4cccc(c34)CC(=O)N2)C1C(=O)NC(CC(=O)O)C(=O)NC(Cc1cccc2ccccc12)C(N)=O. The lowest BCUT2D eigenvalue weighted by Gasteiger charge is -2.32. The van der Waals surface area contributed by atoms with E-state index >= 15 is 0 Å². The van der Waals surface area contributed by atoms with E-state index in [1.54, 1.807) is 0 Å². The van der Waals surface area contributed by atoms with Crippen molar-refractivity contribution in [1.29, 1.82) is 0 Å². The highest BCUT2D eigenvalue weighted by Gasteiger charge is 2.45. The molecule has 2 aliphatic heterocycles. The van der Waals surface area contributed by atoms with Crippen molar-refractivity contribution in [3.05, 3.63) is 83.6 Å². The van der Waals surface area contributed by atoms with Gasteiger partial charge >= 0.3 is 5.97 Å². The first kappa shape index (κ1) is 35.1. The molecule has 5 amide bonds. The zero-order valence-electron chi connectivity index (χ0n) is 28.3. The third-order valence-electron chi connectivity index (χ3n) is 9.99. The minimum absolute atomic E-state index is 0.0463. The van der Waals surface area contributed by atoms with Gasteiger partial charge in [0, 0.05) is 36.5 Å². The Bertz CT molecular complexity index is 2000. The number of benzene rings is 3. The van der Waals surface area contributed by atoms with Crippen molar-refractivity contribution in [2.45, 2.75) is 76.0 Å². The van der Waals surface area contributed by atoms with Gasteiger partial charge < -0.3 is 36.7 Å². The quantitative estimate of drug-likeness (QED) is 0.130. The fourth-order valence-corrected chi connectivity index (χ4v) is 7.64. The van der Waals surface area contributed by atoms with E-state index in [4.69, 9.17) is 5.73 Å². The van der Waals surface area contributed by atoms with E-state index in [2.05, 4.69) is 20.9 Å². The Morgan fingerprint density at radius 2 is 1.75 bits per heavy atom. The minimum atomic E-state index is -1.56. The summed E-state index contributed by atoms with van der Waals surface area (Å²) in [7, 11) is 0. The average molecular weight is 695 g/mol. The molecule has 13 heteroatoms. The first-order valence-electron chi connectivity index (χ1n) is 17.3. The highest BCUT2D eigenvalue weighted by Crippen LogP contribution is 2.31. The summed E-state index contributed by atoms with van der Waals surface area (Å²) in [4.78, 5) is 84.1. The molecule has 0 saturated carbocycles. The van der Waals surface area contributed by atoms with Crippen molar-refractivity contribution in [2.24, 2.45) is 11.7 Å². The number of aromatic amines is 1. The Balaban J connectivity index is 1.21. The number of carbonyl (C=O) groups excluding carboxylic acids is 5. The number of carbonyl (C=O) groups is 6. The molecule has 6 rings (SSSR count). The van der Waals surface area contributed by atoms with Gasteiger partial charge in [0.05, 0.1) is 12.8 Å². The van der Waals surface area contributed by atoms with E-state index in [0.29, 0.717) is 12.8 Å². The smallest absolute Gasteiger partial charge is 0.305 e. The van der Waals surface area contributed by atoms with Crippen molar-refractivity contribution in [1.82, 2.24) is 25.8 Å². The van der Waals surface area contributed by atoms with Crippen molar-refractivity contribution in [3.63, 3.8) is 0 Å². The fraction of sp³-hybridized carbons (Fsp3) is 0.368. The molecule has 1 fully saturated rings. The normalized spacial score (nSPS) is 19.8. The van der Waals surface area contributed by atoms with E-state index < -0.39 is 60.2 Å². The highest BCUT2D eigenvalue weighted by molar-refractivity contribution is 5.99. The molecule has 0 bridgehead atoms. The number of likely N-dealkylation sites (tertiary alicyclic amines) is 1. The van der Waals surface area contributed by atoms with Crippen LogP contribution in [0.3, 0.4) is 0 Å². The molecule has 5 unspecified atom stereocenters. The van der Waals surface area contributed by atoms with Gasteiger partial charge in [-0.3, -0.25) is 28.8 Å². The van der Waals surface area contributed by atoms with Crippen LogP contribution >= 0.6 is 0 Å². The minimum Gasteiger partial charge on any atom is -0.481 e. The van der Waals surface area contributed by atoms with Gasteiger partial charge in [-0.2, -0.15) is 0 Å². The van der Waals surface area contributed by atoms with Gasteiger partial charge in [-0.05, 0) is 52.3 Å². The van der Waals surface area contributed by atoms with Crippen LogP contribution in [0.1, 0.15) is 49.3 Å². The van der Waals surface area contributed by atoms with Gasteiger partial charge in [-0.1, -0.05) is 67.9 Å². The van der Waals surface area contributed by atoms with Crippen molar-refractivity contribution >= 4 is 57.2 Å². The van der Waals surface area contributed by atoms with Crippen molar-refractivity contribution in [3.8, 4) is 0 Å². The first-order chi connectivity index (χ1) is 24.5. The lowest BCUT2D eigenvalue weighted by molar-refractivity contribution is -0.144. The number of primary amides is 1. The van der Waals surface area contributed by atoms with E-state index in [-0.39, 0.29) is 37.6 Å². The number of amides is 5. The van der Waals surface area contributed by atoms with E-state index in [1.807, 2.05) is 73.8 Å². The first-order valence-corrected chi connectivity index (χ1v) is 17.3. The second-order valence-corrected chi connectivity index (χ2v) is 13.4. The predicted molar refractivity (Wildman–Crippen MR) is 189 cm³/mol. The monoisotopic (exact) mass is 694 g/mol. The lowest BCUT2D eigenvalue weighted by Crippen LogP contribution is -2.59. The topological polar surface area (TPSA) is 204 Å². The number of aromatic nitrogens is 1. The Labute approximate surface area is 294 Å². The van der Waals surface area contributed by atoms with E-state index in [0.717, 1.165) is 44.8 Å². The van der Waals surface area contributed by atoms with Crippen LogP contribution in [0.15, 0.2) is 66.9 Å². The highest BCUT2D eigenvalue weighted by atomic mass is 16.4. The summed E-state index contributed by atoms with van der Waals surface area (Å²) in [5.74, 6) is -4.75. The van der Waals surface area contributed by atoms with Crippen LogP contribution in [-0.4, -0.2) is 81.2 Å². The van der Waals surface area contributed by atoms with Crippen LogP contribution in [0, 0.1) is 5.92 Å². The number of hydrogen-bond donors (Lipinski definition) is 6. The van der Waals surface area contributed by atoms with Crippen LogP contribution < -0.4 is 21.7 Å². The molecule has 2 aliphatic rings. The van der Waals surface area contributed by atoms with Crippen molar-refractivity contribution < 1.29 is 33.9 Å². The molecule has 1 aromatic heterocycles. The molecule has 3 heterocycles. The number of aliphatic carboxylic acids is 1. The maximum Gasteiger partial charge on any atom is 0.305 e. The maximum atomic E-state index is 14.2. The Kier molecular flexibility index (Phi) is 10.4. The maximum absolute atomic E-state index is 14.2. The fourth-order valence-electron chi connectivity index (χ4n) is 7.64. The summed E-state index contributed by atoms with van der Waals surface area (Å²) in [6.07, 6.45) is 3.25. The average Bonchev–Trinajstić information content (AvgIpc) is 3.71. The van der Waals surface area contributed by atoms with Crippen LogP contribution in [0.25, 0.3) is 21.7 Å². The standard InChI is InChI=1S/C38H42N6O7/c1-2-7-22-14-15-44(38(51)30-17-25-20-40-27-13-6-11-24(33(25)27)18-31(45)41-30)34(22)37(50)43-29(19-32(46)47)36(49)42-28(35(39)48)16-23-10-5-9-21-8-3-4-12-26(21)23/h3-6,8-13,20,22,28-30,34,40H,2,7,14-19H2,1H3,(H2,39,48)(H,41,45)(H,42,49)(H,43,50)(H,46,47). The zero-order valence-corrected chi connectivity index (χ0v) is 28.3. The number of hydrogen-bond acceptors (Lipinski definition) is 6. The third kappa shape index (κ3) is 7.57. The Morgan fingerprint density at radius 3 is 2.51 bits per heavy atom. The number of carboxylic acid groups (broad SMARTS) is 1. The van der Waals surface area contributed by atoms with Gasteiger partial charge in [-0.25, -0.2) is 0 Å². The summed E-state index contributed by atoms with van der Waals surface area (Å²) in [5, 5.41) is 20.4. The van der Waals surface area contributed by atoms with Gasteiger partial charge in [0.2, 0.25) is 29.5 Å². The summed E-state index contributed by atoms with van der Waals surface area (Å²) in [6.45, 7) is 2.21. The zero-order chi connectivity index (χ0) is 36.2. The number of carboxylic acids is 1. The second-order valence-electron chi connectivity index (χ2n) is 13.4.